The first-order valence-electron chi connectivity index (χ1n) is 17.3. The Labute approximate surface area is 300 Å². The molecule has 0 radical (unpaired) electrons. The largest absolute Gasteiger partial charge is 0.228 e. The number of hydrogen-bond donors (Lipinski definition) is 0. The molecule has 0 amide bonds. The molecule has 0 bridgehead atoms. The highest BCUT2D eigenvalue weighted by Gasteiger charge is 2.16. The zero-order chi connectivity index (χ0) is 34.4. The first-order valence-corrected chi connectivity index (χ1v) is 17.3. The lowest BCUT2D eigenvalue weighted by molar-refractivity contribution is 1.06. The zero-order valence-electron chi connectivity index (χ0n) is 28.0. The first kappa shape index (κ1) is 29.8. The number of benzene rings is 8. The molecule has 0 aliphatic rings. The Bertz CT molecular complexity index is 2920. The summed E-state index contributed by atoms with van der Waals surface area (Å²) in [6.07, 6.45) is 3.02. The van der Waals surface area contributed by atoms with Crippen molar-refractivity contribution in [2.75, 3.05) is 0 Å². The summed E-state index contributed by atoms with van der Waals surface area (Å²) in [5.41, 5.74) is 7.94. The van der Waals surface area contributed by atoms with Crippen molar-refractivity contribution in [1.82, 2.24) is 24.9 Å². The van der Waals surface area contributed by atoms with Crippen LogP contribution in [0, 0.1) is 0 Å². The number of nitrogens with zero attached hydrogens (tertiary/aromatic N) is 5. The van der Waals surface area contributed by atoms with Gasteiger partial charge in [0.1, 0.15) is 12.7 Å². The van der Waals surface area contributed by atoms with E-state index in [-0.39, 0.29) is 0 Å². The summed E-state index contributed by atoms with van der Waals surface area (Å²) < 4.78 is 0. The number of hydrogen-bond acceptors (Lipinski definition) is 5. The molecule has 242 valence electrons. The Morgan fingerprint density at radius 3 is 1.38 bits per heavy atom. The average Bonchev–Trinajstić information content (AvgIpc) is 3.24. The molecule has 5 heteroatoms. The van der Waals surface area contributed by atoms with Crippen LogP contribution in [-0.2, 0) is 0 Å². The molecule has 0 atom stereocenters. The van der Waals surface area contributed by atoms with E-state index in [1.165, 1.54) is 61.3 Å². The van der Waals surface area contributed by atoms with Gasteiger partial charge in [-0.15, -0.1) is 0 Å². The fraction of sp³-hybridized carbons (Fsp3) is 0. The minimum Gasteiger partial charge on any atom is -0.228 e. The second-order valence-corrected chi connectivity index (χ2v) is 12.9. The lowest BCUT2D eigenvalue weighted by Crippen LogP contribution is -1.96. The maximum Gasteiger partial charge on any atom is 0.162 e. The van der Waals surface area contributed by atoms with Crippen molar-refractivity contribution in [3.05, 3.63) is 176 Å². The average molecular weight is 664 g/mol. The van der Waals surface area contributed by atoms with Gasteiger partial charge in [0.2, 0.25) is 0 Å². The van der Waals surface area contributed by atoms with Gasteiger partial charge in [-0.1, -0.05) is 152 Å². The third-order valence-corrected chi connectivity index (χ3v) is 9.93. The normalized spacial score (nSPS) is 11.5. The molecule has 0 N–H and O–H groups in total. The second kappa shape index (κ2) is 12.3. The van der Waals surface area contributed by atoms with Gasteiger partial charge in [-0.3, -0.25) is 0 Å². The van der Waals surface area contributed by atoms with Crippen LogP contribution in [0.5, 0.6) is 0 Å². The van der Waals surface area contributed by atoms with Gasteiger partial charge in [0.25, 0.3) is 0 Å². The van der Waals surface area contributed by atoms with Crippen molar-refractivity contribution in [3.8, 4) is 56.4 Å². The van der Waals surface area contributed by atoms with Gasteiger partial charge in [0.05, 0.1) is 11.4 Å². The van der Waals surface area contributed by atoms with Crippen LogP contribution in [0.15, 0.2) is 176 Å². The summed E-state index contributed by atoms with van der Waals surface area (Å²) in [5.74, 6) is 1.31. The van der Waals surface area contributed by atoms with Crippen LogP contribution in [0.4, 0.5) is 0 Å². The maximum absolute atomic E-state index is 5.11. The van der Waals surface area contributed by atoms with Gasteiger partial charge < -0.3 is 0 Å². The standard InChI is InChI=1S/C47H29N5/c1-2-10-31(11-3-1)43-27-44(32-20-24-33(25-21-32)46-49-28-48-29-50-46)52-47(51-43)34-22-18-30(19-23-34)41-26-42-37-14-5-4-12-35(37)36-13-6-8-16-39(36)45(42)40-17-9-7-15-38(40)41/h1-29H. The lowest BCUT2D eigenvalue weighted by atomic mass is 9.87. The summed E-state index contributed by atoms with van der Waals surface area (Å²) in [6.45, 7) is 0. The minimum absolute atomic E-state index is 0.635. The molecular formula is C47H29N5. The van der Waals surface area contributed by atoms with Crippen LogP contribution >= 0.6 is 0 Å². The van der Waals surface area contributed by atoms with Gasteiger partial charge >= 0.3 is 0 Å². The maximum atomic E-state index is 5.11. The fourth-order valence-electron chi connectivity index (χ4n) is 7.46. The van der Waals surface area contributed by atoms with Crippen molar-refractivity contribution >= 4 is 43.1 Å². The van der Waals surface area contributed by atoms with E-state index in [1.807, 2.05) is 30.3 Å². The molecule has 8 aromatic carbocycles. The topological polar surface area (TPSA) is 64.5 Å². The molecule has 10 aromatic rings. The summed E-state index contributed by atoms with van der Waals surface area (Å²) >= 11 is 0. The van der Waals surface area contributed by atoms with Gasteiger partial charge in [0.15, 0.2) is 11.6 Å². The Hall–Kier alpha value is -7.11. The van der Waals surface area contributed by atoms with Crippen LogP contribution in [0.1, 0.15) is 0 Å². The van der Waals surface area contributed by atoms with Crippen LogP contribution in [0.3, 0.4) is 0 Å². The van der Waals surface area contributed by atoms with Crippen molar-refractivity contribution in [2.24, 2.45) is 0 Å². The van der Waals surface area contributed by atoms with Crippen molar-refractivity contribution in [2.45, 2.75) is 0 Å². The monoisotopic (exact) mass is 663 g/mol. The van der Waals surface area contributed by atoms with Crippen molar-refractivity contribution in [3.63, 3.8) is 0 Å². The first-order chi connectivity index (χ1) is 25.8. The summed E-state index contributed by atoms with van der Waals surface area (Å²) in [6, 6.07) is 57.9. The summed E-state index contributed by atoms with van der Waals surface area (Å²) in [4.78, 5) is 22.7. The molecule has 0 unspecified atom stereocenters. The number of aromatic nitrogens is 5. The van der Waals surface area contributed by atoms with Crippen LogP contribution < -0.4 is 0 Å². The van der Waals surface area contributed by atoms with E-state index in [9.17, 15) is 0 Å². The van der Waals surface area contributed by atoms with Gasteiger partial charge in [-0.2, -0.15) is 0 Å². The molecule has 10 rings (SSSR count). The van der Waals surface area contributed by atoms with Gasteiger partial charge in [0, 0.05) is 22.3 Å². The SMILES string of the molecule is c1ccc(-c2cc(-c3ccc(-c4ncncn4)cc3)nc(-c3ccc(-c4cc5c6ccccc6c6ccccc6c5c5ccccc45)cc3)n2)cc1. The highest BCUT2D eigenvalue weighted by Crippen LogP contribution is 2.43. The highest BCUT2D eigenvalue weighted by molar-refractivity contribution is 6.33. The number of rotatable bonds is 5. The molecular weight excluding hydrogens is 635 g/mol. The van der Waals surface area contributed by atoms with Crippen LogP contribution in [0.2, 0.25) is 0 Å². The molecule has 0 spiro atoms. The van der Waals surface area contributed by atoms with Crippen LogP contribution in [-0.4, -0.2) is 24.9 Å². The second-order valence-electron chi connectivity index (χ2n) is 12.9. The summed E-state index contributed by atoms with van der Waals surface area (Å²) in [7, 11) is 0. The van der Waals surface area contributed by atoms with E-state index in [4.69, 9.17) is 9.97 Å². The zero-order valence-corrected chi connectivity index (χ0v) is 28.0. The predicted molar refractivity (Wildman–Crippen MR) is 213 cm³/mol. The molecule has 0 saturated carbocycles. The molecule has 0 aliphatic heterocycles. The smallest absolute Gasteiger partial charge is 0.162 e. The fourth-order valence-corrected chi connectivity index (χ4v) is 7.46. The van der Waals surface area contributed by atoms with E-state index in [1.54, 1.807) is 0 Å². The molecule has 5 nitrogen and oxygen atoms in total. The molecule has 52 heavy (non-hydrogen) atoms. The Morgan fingerprint density at radius 1 is 0.308 bits per heavy atom. The Morgan fingerprint density at radius 2 is 0.750 bits per heavy atom. The molecule has 2 aromatic heterocycles. The minimum atomic E-state index is 0.635. The molecule has 0 fully saturated rings. The van der Waals surface area contributed by atoms with Crippen LogP contribution in [0.25, 0.3) is 99.5 Å². The van der Waals surface area contributed by atoms with E-state index >= 15 is 0 Å². The third-order valence-electron chi connectivity index (χ3n) is 9.93. The van der Waals surface area contributed by atoms with Crippen molar-refractivity contribution < 1.29 is 0 Å². The Kier molecular flexibility index (Phi) is 7.07. The van der Waals surface area contributed by atoms with E-state index in [2.05, 4.69) is 148 Å². The Balaban J connectivity index is 1.11. The van der Waals surface area contributed by atoms with Gasteiger partial charge in [-0.25, -0.2) is 24.9 Å². The number of fused-ring (bicyclic) bond motifs is 8. The molecule has 0 saturated heterocycles. The van der Waals surface area contributed by atoms with Gasteiger partial charge in [-0.05, 0) is 66.3 Å². The van der Waals surface area contributed by atoms with E-state index < -0.39 is 0 Å². The van der Waals surface area contributed by atoms with E-state index in [0.717, 1.165) is 39.2 Å². The van der Waals surface area contributed by atoms with Crippen molar-refractivity contribution in [1.29, 1.82) is 0 Å². The third kappa shape index (κ3) is 5.07. The van der Waals surface area contributed by atoms with E-state index in [0.29, 0.717) is 11.6 Å². The predicted octanol–water partition coefficient (Wildman–Crippen LogP) is 11.6. The molecule has 2 heterocycles. The summed E-state index contributed by atoms with van der Waals surface area (Å²) in [5, 5.41) is 10.1. The lowest BCUT2D eigenvalue weighted by Gasteiger charge is -2.16. The quantitative estimate of drug-likeness (QED) is 0.171. The highest BCUT2D eigenvalue weighted by atomic mass is 15.0. The molecule has 0 aliphatic carbocycles.